The molecule has 0 bridgehead atoms. The first-order valence-corrected chi connectivity index (χ1v) is 9.70. The van der Waals surface area contributed by atoms with Crippen LogP contribution in [0.15, 0.2) is 0 Å². The van der Waals surface area contributed by atoms with Crippen molar-refractivity contribution >= 4 is 0 Å². The van der Waals surface area contributed by atoms with Crippen molar-refractivity contribution < 1.29 is 0 Å². The summed E-state index contributed by atoms with van der Waals surface area (Å²) in [6.45, 7) is 7.38. The molecule has 2 aliphatic carbocycles. The highest BCUT2D eigenvalue weighted by Crippen LogP contribution is 2.39. The van der Waals surface area contributed by atoms with Crippen LogP contribution in [0.3, 0.4) is 0 Å². The molecular formula is C20H38. The Morgan fingerprint density at radius 2 is 1.25 bits per heavy atom. The van der Waals surface area contributed by atoms with Crippen LogP contribution >= 0.6 is 0 Å². The molecule has 0 aromatic carbocycles. The van der Waals surface area contributed by atoms with Crippen LogP contribution in [0.25, 0.3) is 0 Å². The molecule has 0 saturated heterocycles. The molecule has 0 spiro atoms. The number of rotatable bonds is 2. The zero-order valence-electron chi connectivity index (χ0n) is 14.4. The molecule has 0 heterocycles. The van der Waals surface area contributed by atoms with Crippen molar-refractivity contribution in [2.24, 2.45) is 29.6 Å². The van der Waals surface area contributed by atoms with Gasteiger partial charge in [0, 0.05) is 0 Å². The summed E-state index contributed by atoms with van der Waals surface area (Å²) in [5.74, 6) is 5.17. The summed E-state index contributed by atoms with van der Waals surface area (Å²) in [7, 11) is 0. The van der Waals surface area contributed by atoms with Gasteiger partial charge in [-0.1, -0.05) is 85.0 Å². The van der Waals surface area contributed by atoms with Gasteiger partial charge in [-0.15, -0.1) is 0 Å². The molecule has 20 heavy (non-hydrogen) atoms. The van der Waals surface area contributed by atoms with E-state index in [0.717, 1.165) is 29.6 Å². The second kappa shape index (κ2) is 8.44. The van der Waals surface area contributed by atoms with Crippen LogP contribution in [-0.2, 0) is 0 Å². The molecule has 0 aromatic heterocycles. The zero-order chi connectivity index (χ0) is 14.4. The van der Waals surface area contributed by atoms with E-state index in [1.165, 1.54) is 51.4 Å². The Bertz CT molecular complexity index is 249. The van der Waals surface area contributed by atoms with Gasteiger partial charge >= 0.3 is 0 Å². The van der Waals surface area contributed by atoms with Crippen molar-refractivity contribution in [2.75, 3.05) is 0 Å². The minimum Gasteiger partial charge on any atom is -0.0651 e. The Hall–Kier alpha value is 0. The first-order valence-electron chi connectivity index (χ1n) is 9.70. The van der Waals surface area contributed by atoms with E-state index in [0.29, 0.717) is 0 Å². The summed E-state index contributed by atoms with van der Waals surface area (Å²) in [6, 6.07) is 0. The molecule has 0 aliphatic heterocycles. The summed E-state index contributed by atoms with van der Waals surface area (Å²) in [6.07, 6.45) is 18.1. The Labute approximate surface area is 128 Å². The maximum atomic E-state index is 2.52. The van der Waals surface area contributed by atoms with Crippen molar-refractivity contribution in [3.63, 3.8) is 0 Å². The molecule has 118 valence electrons. The molecule has 0 N–H and O–H groups in total. The van der Waals surface area contributed by atoms with Gasteiger partial charge in [-0.3, -0.25) is 0 Å². The lowest BCUT2D eigenvalue weighted by Gasteiger charge is -2.34. The molecule has 2 rings (SSSR count). The fraction of sp³-hybridized carbons (Fsp3) is 1.00. The molecule has 2 fully saturated rings. The topological polar surface area (TPSA) is 0 Å². The van der Waals surface area contributed by atoms with Crippen molar-refractivity contribution in [3.8, 4) is 0 Å². The van der Waals surface area contributed by atoms with Gasteiger partial charge in [-0.25, -0.2) is 0 Å². The SMILES string of the molecule is CCC1CCCCC(C2CCC(C)CC2)CCCC1C. The highest BCUT2D eigenvalue weighted by atomic mass is 14.3. The van der Waals surface area contributed by atoms with Gasteiger partial charge in [0.2, 0.25) is 0 Å². The first-order chi connectivity index (χ1) is 9.70. The quantitative estimate of drug-likeness (QED) is 0.519. The maximum Gasteiger partial charge on any atom is -0.0386 e. The number of hydrogen-bond donors (Lipinski definition) is 0. The van der Waals surface area contributed by atoms with E-state index in [1.807, 2.05) is 0 Å². The van der Waals surface area contributed by atoms with Gasteiger partial charge in [0.25, 0.3) is 0 Å². The lowest BCUT2D eigenvalue weighted by Crippen LogP contribution is -2.22. The zero-order valence-corrected chi connectivity index (χ0v) is 14.4. The monoisotopic (exact) mass is 278 g/mol. The second-order valence-corrected chi connectivity index (χ2v) is 8.14. The highest BCUT2D eigenvalue weighted by molar-refractivity contribution is 4.78. The van der Waals surface area contributed by atoms with E-state index in [9.17, 15) is 0 Å². The summed E-state index contributed by atoms with van der Waals surface area (Å²) >= 11 is 0. The molecular weight excluding hydrogens is 240 g/mol. The Balaban J connectivity index is 1.83. The van der Waals surface area contributed by atoms with Crippen LogP contribution < -0.4 is 0 Å². The lowest BCUT2D eigenvalue weighted by molar-refractivity contribution is 0.174. The first kappa shape index (κ1) is 16.4. The predicted molar refractivity (Wildman–Crippen MR) is 89.9 cm³/mol. The van der Waals surface area contributed by atoms with Crippen LogP contribution in [0.5, 0.6) is 0 Å². The van der Waals surface area contributed by atoms with E-state index < -0.39 is 0 Å². The fourth-order valence-electron chi connectivity index (χ4n) is 5.01. The van der Waals surface area contributed by atoms with E-state index in [4.69, 9.17) is 0 Å². The van der Waals surface area contributed by atoms with Crippen molar-refractivity contribution in [2.45, 2.75) is 97.8 Å². The summed E-state index contributed by atoms with van der Waals surface area (Å²) in [4.78, 5) is 0. The normalized spacial score (nSPS) is 41.2. The van der Waals surface area contributed by atoms with Gasteiger partial charge in [0.1, 0.15) is 0 Å². The molecule has 0 radical (unpaired) electrons. The summed E-state index contributed by atoms with van der Waals surface area (Å²) in [5, 5.41) is 0. The molecule has 2 aliphatic rings. The summed E-state index contributed by atoms with van der Waals surface area (Å²) in [5.41, 5.74) is 0. The molecule has 3 unspecified atom stereocenters. The van der Waals surface area contributed by atoms with Crippen LogP contribution in [0.1, 0.15) is 97.8 Å². The second-order valence-electron chi connectivity index (χ2n) is 8.14. The molecule has 2 saturated carbocycles. The molecule has 0 heteroatoms. The largest absolute Gasteiger partial charge is 0.0651 e. The molecule has 0 nitrogen and oxygen atoms in total. The third-order valence-corrected chi connectivity index (χ3v) is 6.69. The summed E-state index contributed by atoms with van der Waals surface area (Å²) < 4.78 is 0. The van der Waals surface area contributed by atoms with E-state index in [-0.39, 0.29) is 0 Å². The van der Waals surface area contributed by atoms with Crippen molar-refractivity contribution in [1.82, 2.24) is 0 Å². The molecule has 3 atom stereocenters. The third-order valence-electron chi connectivity index (χ3n) is 6.69. The van der Waals surface area contributed by atoms with Gasteiger partial charge in [-0.2, -0.15) is 0 Å². The lowest BCUT2D eigenvalue weighted by atomic mass is 9.72. The minimum absolute atomic E-state index is 0.977. The Morgan fingerprint density at radius 3 is 1.95 bits per heavy atom. The average molecular weight is 279 g/mol. The number of hydrogen-bond acceptors (Lipinski definition) is 0. The van der Waals surface area contributed by atoms with Gasteiger partial charge < -0.3 is 0 Å². The molecule has 0 amide bonds. The molecule has 0 aromatic rings. The van der Waals surface area contributed by atoms with Crippen molar-refractivity contribution in [3.05, 3.63) is 0 Å². The van der Waals surface area contributed by atoms with E-state index >= 15 is 0 Å². The average Bonchev–Trinajstić information content (AvgIpc) is 2.46. The van der Waals surface area contributed by atoms with Crippen LogP contribution in [-0.4, -0.2) is 0 Å². The van der Waals surface area contributed by atoms with Crippen LogP contribution in [0.2, 0.25) is 0 Å². The standard InChI is InChI=1S/C20H38/c1-4-18-9-5-6-10-19(11-7-8-17(18)3)20-14-12-16(2)13-15-20/h16-20H,4-15H2,1-3H3. The minimum atomic E-state index is 0.977. The Kier molecular flexibility index (Phi) is 6.91. The van der Waals surface area contributed by atoms with E-state index in [1.54, 1.807) is 25.7 Å². The van der Waals surface area contributed by atoms with Crippen LogP contribution in [0.4, 0.5) is 0 Å². The van der Waals surface area contributed by atoms with Crippen molar-refractivity contribution in [1.29, 1.82) is 0 Å². The van der Waals surface area contributed by atoms with Gasteiger partial charge in [0.15, 0.2) is 0 Å². The Morgan fingerprint density at radius 1 is 0.650 bits per heavy atom. The third kappa shape index (κ3) is 4.78. The smallest absolute Gasteiger partial charge is 0.0386 e. The van der Waals surface area contributed by atoms with Crippen LogP contribution in [0, 0.1) is 29.6 Å². The highest BCUT2D eigenvalue weighted by Gasteiger charge is 2.26. The predicted octanol–water partition coefficient (Wildman–Crippen LogP) is 6.84. The maximum absolute atomic E-state index is 2.52. The van der Waals surface area contributed by atoms with Gasteiger partial charge in [-0.05, 0) is 42.4 Å². The van der Waals surface area contributed by atoms with E-state index in [2.05, 4.69) is 20.8 Å². The van der Waals surface area contributed by atoms with Gasteiger partial charge in [0.05, 0.1) is 0 Å². The fourth-order valence-corrected chi connectivity index (χ4v) is 5.01.